The van der Waals surface area contributed by atoms with Gasteiger partial charge in [-0.25, -0.2) is 0 Å². The fourth-order valence-electron chi connectivity index (χ4n) is 4.77. The summed E-state index contributed by atoms with van der Waals surface area (Å²) in [6.07, 6.45) is 2.41. The molecule has 3 aliphatic rings. The monoisotopic (exact) mass is 433 g/mol. The van der Waals surface area contributed by atoms with Gasteiger partial charge in [0.1, 0.15) is 5.76 Å². The minimum atomic E-state index is -0.740. The zero-order chi connectivity index (χ0) is 21.7. The summed E-state index contributed by atoms with van der Waals surface area (Å²) in [6.45, 7) is 8.56. The topological polar surface area (TPSA) is 73.9 Å². The van der Waals surface area contributed by atoms with Gasteiger partial charge in [0.25, 0.3) is 5.91 Å². The summed E-state index contributed by atoms with van der Waals surface area (Å²) in [5.74, 6) is -1.05. The van der Waals surface area contributed by atoms with Crippen LogP contribution in [0.2, 0.25) is 5.02 Å². The Balaban J connectivity index is 1.80. The molecule has 0 atom stereocenters. The Labute approximate surface area is 181 Å². The summed E-state index contributed by atoms with van der Waals surface area (Å²) in [4.78, 5) is 25.9. The molecule has 0 radical (unpaired) electrons. The Hall–Kier alpha value is -1.89. The maximum atomic E-state index is 13.3. The second-order valence-electron chi connectivity index (χ2n) is 8.84. The minimum absolute atomic E-state index is 0.223. The smallest absolute Gasteiger partial charge is 0.313 e. The molecule has 1 amide bonds. The lowest BCUT2D eigenvalue weighted by molar-refractivity contribution is -0.186. The Kier molecular flexibility index (Phi) is 5.45. The van der Waals surface area contributed by atoms with Crippen molar-refractivity contribution < 1.29 is 23.8 Å². The number of aryl methyl sites for hydroxylation is 2. The number of benzene rings is 1. The number of hydrogen-bond donors (Lipinski definition) is 1. The highest BCUT2D eigenvalue weighted by atomic mass is 35.5. The van der Waals surface area contributed by atoms with Gasteiger partial charge in [-0.15, -0.1) is 0 Å². The van der Waals surface area contributed by atoms with E-state index >= 15 is 0 Å². The minimum Gasteiger partial charge on any atom is -0.427 e. The first kappa shape index (κ1) is 21.3. The molecule has 0 unspecified atom stereocenters. The van der Waals surface area contributed by atoms with Gasteiger partial charge in [-0.2, -0.15) is 0 Å². The number of halogens is 1. The van der Waals surface area contributed by atoms with Gasteiger partial charge in [-0.3, -0.25) is 9.59 Å². The average Bonchev–Trinajstić information content (AvgIpc) is 3.22. The number of hydrogen-bond acceptors (Lipinski definition) is 5. The summed E-state index contributed by atoms with van der Waals surface area (Å²) >= 11 is 6.21. The van der Waals surface area contributed by atoms with Gasteiger partial charge in [-0.1, -0.05) is 25.4 Å². The van der Waals surface area contributed by atoms with Crippen LogP contribution in [0.5, 0.6) is 0 Å². The lowest BCUT2D eigenvalue weighted by Crippen LogP contribution is -2.52. The number of esters is 1. The summed E-state index contributed by atoms with van der Waals surface area (Å²) in [5, 5.41) is 3.76. The molecule has 2 heterocycles. The first-order valence-electron chi connectivity index (χ1n) is 10.5. The fourth-order valence-corrected chi connectivity index (χ4v) is 5.10. The van der Waals surface area contributed by atoms with Crippen LogP contribution in [0.25, 0.3) is 5.57 Å². The normalized spacial score (nSPS) is 22.3. The van der Waals surface area contributed by atoms with E-state index in [9.17, 15) is 9.59 Å². The molecular weight excluding hydrogens is 406 g/mol. The van der Waals surface area contributed by atoms with Gasteiger partial charge >= 0.3 is 5.97 Å². The van der Waals surface area contributed by atoms with E-state index in [-0.39, 0.29) is 17.8 Å². The highest BCUT2D eigenvalue weighted by molar-refractivity contribution is 6.31. The van der Waals surface area contributed by atoms with Crippen LogP contribution < -0.4 is 5.32 Å². The molecule has 1 N–H and O–H groups in total. The molecule has 162 valence electrons. The van der Waals surface area contributed by atoms with Gasteiger partial charge in [-0.05, 0) is 55.5 Å². The van der Waals surface area contributed by atoms with E-state index in [0.29, 0.717) is 55.3 Å². The Morgan fingerprint density at radius 1 is 1.10 bits per heavy atom. The van der Waals surface area contributed by atoms with E-state index in [1.165, 1.54) is 0 Å². The number of amides is 1. The van der Waals surface area contributed by atoms with E-state index in [0.717, 1.165) is 16.7 Å². The van der Waals surface area contributed by atoms with Crippen LogP contribution in [-0.4, -0.2) is 36.4 Å². The quantitative estimate of drug-likeness (QED) is 0.728. The van der Waals surface area contributed by atoms with Crippen molar-refractivity contribution in [2.24, 2.45) is 5.92 Å². The molecule has 30 heavy (non-hydrogen) atoms. The van der Waals surface area contributed by atoms with Crippen LogP contribution in [-0.2, 0) is 23.8 Å². The second-order valence-corrected chi connectivity index (χ2v) is 9.27. The van der Waals surface area contributed by atoms with Gasteiger partial charge < -0.3 is 19.5 Å². The number of ether oxygens (including phenoxy) is 3. The van der Waals surface area contributed by atoms with E-state index < -0.39 is 11.3 Å². The van der Waals surface area contributed by atoms with Crippen molar-refractivity contribution in [3.05, 3.63) is 39.6 Å². The number of nitrogens with one attached hydrogen (secondary N) is 1. The van der Waals surface area contributed by atoms with Crippen molar-refractivity contribution >= 4 is 29.1 Å². The Morgan fingerprint density at radius 3 is 2.20 bits per heavy atom. The SMILES string of the molecule is Cc1cc(Cl)cc(C)c1C1=C(OC(=O)C(C)C)C2(CCC3(CC2)OCCO3)NC1=O. The van der Waals surface area contributed by atoms with Gasteiger partial charge in [0.2, 0.25) is 0 Å². The highest BCUT2D eigenvalue weighted by Gasteiger charge is 2.54. The maximum absolute atomic E-state index is 13.3. The molecule has 6 nitrogen and oxygen atoms in total. The molecule has 1 aromatic carbocycles. The van der Waals surface area contributed by atoms with Crippen LogP contribution >= 0.6 is 11.6 Å². The summed E-state index contributed by atoms with van der Waals surface area (Å²) in [5.41, 5.74) is 2.20. The lowest BCUT2D eigenvalue weighted by Gasteiger charge is -2.42. The van der Waals surface area contributed by atoms with Crippen molar-refractivity contribution in [3.63, 3.8) is 0 Å². The van der Waals surface area contributed by atoms with Crippen LogP contribution in [0.3, 0.4) is 0 Å². The van der Waals surface area contributed by atoms with Crippen LogP contribution in [0.15, 0.2) is 17.9 Å². The highest BCUT2D eigenvalue weighted by Crippen LogP contribution is 2.49. The summed E-state index contributed by atoms with van der Waals surface area (Å²) in [6, 6.07) is 3.65. The molecule has 1 saturated heterocycles. The van der Waals surface area contributed by atoms with E-state index in [1.807, 2.05) is 26.0 Å². The molecule has 4 rings (SSSR count). The number of carbonyl (C=O) groups excluding carboxylic acids is 2. The molecule has 0 bridgehead atoms. The predicted molar refractivity (Wildman–Crippen MR) is 113 cm³/mol. The van der Waals surface area contributed by atoms with Crippen molar-refractivity contribution in [1.82, 2.24) is 5.32 Å². The van der Waals surface area contributed by atoms with Crippen molar-refractivity contribution in [1.29, 1.82) is 0 Å². The number of rotatable bonds is 3. The molecule has 1 aliphatic carbocycles. The van der Waals surface area contributed by atoms with Crippen molar-refractivity contribution in [3.8, 4) is 0 Å². The van der Waals surface area contributed by atoms with Crippen LogP contribution in [0.1, 0.15) is 56.2 Å². The molecule has 2 fully saturated rings. The van der Waals surface area contributed by atoms with Gasteiger partial charge in [0, 0.05) is 17.9 Å². The van der Waals surface area contributed by atoms with Crippen LogP contribution in [0.4, 0.5) is 0 Å². The second kappa shape index (κ2) is 7.66. The Bertz CT molecular complexity index is 897. The van der Waals surface area contributed by atoms with Crippen LogP contribution in [0, 0.1) is 19.8 Å². The summed E-state index contributed by atoms with van der Waals surface area (Å²) in [7, 11) is 0. The predicted octanol–water partition coefficient (Wildman–Crippen LogP) is 4.05. The standard InChI is InChI=1S/C23H28ClNO5/c1-13(2)21(27)30-19-18(17-14(3)11-16(24)12-15(17)4)20(26)25-22(19)5-7-23(8-6-22)28-9-10-29-23/h11-13H,5-10H2,1-4H3,(H,25,26). The molecular formula is C23H28ClNO5. The van der Waals surface area contributed by atoms with E-state index in [4.69, 9.17) is 25.8 Å². The van der Waals surface area contributed by atoms with Gasteiger partial charge in [0.05, 0.1) is 30.2 Å². The lowest BCUT2D eigenvalue weighted by atomic mass is 9.77. The Morgan fingerprint density at radius 2 is 1.67 bits per heavy atom. The third-order valence-corrected chi connectivity index (χ3v) is 6.56. The number of carbonyl (C=O) groups is 2. The van der Waals surface area contributed by atoms with E-state index in [2.05, 4.69) is 5.32 Å². The third kappa shape index (κ3) is 3.55. The van der Waals surface area contributed by atoms with Gasteiger partial charge in [0.15, 0.2) is 5.79 Å². The molecule has 2 aliphatic heterocycles. The van der Waals surface area contributed by atoms with Crippen molar-refractivity contribution in [2.75, 3.05) is 13.2 Å². The molecule has 7 heteroatoms. The molecule has 2 spiro atoms. The molecule has 1 saturated carbocycles. The first-order valence-corrected chi connectivity index (χ1v) is 10.9. The summed E-state index contributed by atoms with van der Waals surface area (Å²) < 4.78 is 17.6. The first-order chi connectivity index (χ1) is 14.2. The van der Waals surface area contributed by atoms with E-state index in [1.54, 1.807) is 13.8 Å². The third-order valence-electron chi connectivity index (χ3n) is 6.34. The fraction of sp³-hybridized carbons (Fsp3) is 0.565. The largest absolute Gasteiger partial charge is 0.427 e. The van der Waals surface area contributed by atoms with Crippen molar-refractivity contribution in [2.45, 2.75) is 64.7 Å². The zero-order valence-corrected chi connectivity index (χ0v) is 18.6. The molecule has 1 aromatic rings. The maximum Gasteiger partial charge on any atom is 0.313 e. The molecule has 0 aromatic heterocycles. The zero-order valence-electron chi connectivity index (χ0n) is 17.9. The average molecular weight is 434 g/mol.